The molecule has 0 fully saturated rings. The van der Waals surface area contributed by atoms with Crippen LogP contribution in [-0.4, -0.2) is 18.5 Å². The number of benzene rings is 1. The van der Waals surface area contributed by atoms with E-state index in [0.29, 0.717) is 11.6 Å². The molecule has 90 valence electrons. The summed E-state index contributed by atoms with van der Waals surface area (Å²) in [6.45, 7) is 2.36. The average Bonchev–Trinajstić information content (AvgIpc) is 2.59. The van der Waals surface area contributed by atoms with Gasteiger partial charge in [-0.3, -0.25) is 0 Å². The van der Waals surface area contributed by atoms with Crippen LogP contribution >= 0.6 is 11.6 Å². The molecular weight excluding hydrogens is 236 g/mol. The summed E-state index contributed by atoms with van der Waals surface area (Å²) in [6.07, 6.45) is 1.03. The molecule has 0 spiro atoms. The van der Waals surface area contributed by atoms with Gasteiger partial charge in [0.05, 0.1) is 11.6 Å². The molecule has 4 heteroatoms. The number of furan rings is 1. The van der Waals surface area contributed by atoms with Gasteiger partial charge in [0, 0.05) is 24.0 Å². The number of halogens is 1. The Hall–Kier alpha value is -1.03. The van der Waals surface area contributed by atoms with Gasteiger partial charge < -0.3 is 15.1 Å². The first-order valence-corrected chi connectivity index (χ1v) is 6.18. The fraction of sp³-hybridized carbons (Fsp3) is 0.385. The van der Waals surface area contributed by atoms with E-state index in [2.05, 4.69) is 18.0 Å². The van der Waals surface area contributed by atoms with E-state index in [9.17, 15) is 0 Å². The Bertz CT molecular complexity index is 576. The minimum Gasteiger partial charge on any atom is -0.458 e. The fourth-order valence-corrected chi connectivity index (χ4v) is 2.75. The van der Waals surface area contributed by atoms with Crippen molar-refractivity contribution in [3.8, 4) is 0 Å². The SMILES string of the molecule is CN1CCc2ccc(Cl)c3oc(CN)c(c23)C1. The molecule has 1 aromatic carbocycles. The van der Waals surface area contributed by atoms with Gasteiger partial charge in [-0.2, -0.15) is 0 Å². The van der Waals surface area contributed by atoms with Crippen LogP contribution in [0.3, 0.4) is 0 Å². The summed E-state index contributed by atoms with van der Waals surface area (Å²) in [6, 6.07) is 4.02. The Morgan fingerprint density at radius 3 is 3.06 bits per heavy atom. The van der Waals surface area contributed by atoms with E-state index in [0.717, 1.165) is 30.9 Å². The second-order valence-electron chi connectivity index (χ2n) is 4.61. The highest BCUT2D eigenvalue weighted by Crippen LogP contribution is 2.36. The summed E-state index contributed by atoms with van der Waals surface area (Å²) in [5.74, 6) is 0.864. The molecule has 2 aromatic rings. The first-order chi connectivity index (χ1) is 8.20. The molecule has 0 amide bonds. The molecule has 0 bridgehead atoms. The van der Waals surface area contributed by atoms with Gasteiger partial charge in [0.1, 0.15) is 5.76 Å². The summed E-state index contributed by atoms with van der Waals surface area (Å²) >= 11 is 6.19. The van der Waals surface area contributed by atoms with E-state index in [1.807, 2.05) is 6.07 Å². The lowest BCUT2D eigenvalue weighted by Gasteiger charge is -2.13. The second-order valence-corrected chi connectivity index (χ2v) is 5.01. The topological polar surface area (TPSA) is 42.4 Å². The van der Waals surface area contributed by atoms with Crippen molar-refractivity contribution >= 4 is 22.6 Å². The largest absolute Gasteiger partial charge is 0.458 e. The van der Waals surface area contributed by atoms with Crippen molar-refractivity contribution in [2.24, 2.45) is 5.73 Å². The van der Waals surface area contributed by atoms with Crippen LogP contribution in [0.5, 0.6) is 0 Å². The summed E-state index contributed by atoms with van der Waals surface area (Å²) in [5.41, 5.74) is 9.08. The van der Waals surface area contributed by atoms with Crippen LogP contribution < -0.4 is 5.73 Å². The Balaban J connectivity index is 2.36. The lowest BCUT2D eigenvalue weighted by atomic mass is 10.0. The number of hydrogen-bond acceptors (Lipinski definition) is 3. The summed E-state index contributed by atoms with van der Waals surface area (Å²) in [4.78, 5) is 2.29. The molecule has 0 unspecified atom stereocenters. The van der Waals surface area contributed by atoms with Gasteiger partial charge in [0.25, 0.3) is 0 Å². The van der Waals surface area contributed by atoms with E-state index >= 15 is 0 Å². The molecule has 0 radical (unpaired) electrons. The van der Waals surface area contributed by atoms with Gasteiger partial charge in [-0.15, -0.1) is 0 Å². The average molecular weight is 251 g/mol. The van der Waals surface area contributed by atoms with E-state index < -0.39 is 0 Å². The molecule has 2 heterocycles. The van der Waals surface area contributed by atoms with Crippen molar-refractivity contribution in [2.75, 3.05) is 13.6 Å². The maximum absolute atomic E-state index is 6.19. The Labute approximate surface area is 105 Å². The van der Waals surface area contributed by atoms with Crippen LogP contribution in [0.4, 0.5) is 0 Å². The van der Waals surface area contributed by atoms with Crippen molar-refractivity contribution in [2.45, 2.75) is 19.5 Å². The molecule has 1 aliphatic rings. The van der Waals surface area contributed by atoms with Crippen molar-refractivity contribution in [1.82, 2.24) is 4.90 Å². The zero-order valence-electron chi connectivity index (χ0n) is 9.79. The van der Waals surface area contributed by atoms with Crippen molar-refractivity contribution in [3.63, 3.8) is 0 Å². The molecule has 0 saturated heterocycles. The number of nitrogens with zero attached hydrogens (tertiary/aromatic N) is 1. The quantitative estimate of drug-likeness (QED) is 0.846. The molecule has 3 nitrogen and oxygen atoms in total. The third kappa shape index (κ3) is 1.66. The molecule has 2 N–H and O–H groups in total. The van der Waals surface area contributed by atoms with E-state index in [1.54, 1.807) is 0 Å². The minimum atomic E-state index is 0.424. The van der Waals surface area contributed by atoms with Crippen molar-refractivity contribution < 1.29 is 4.42 Å². The van der Waals surface area contributed by atoms with Gasteiger partial charge in [0.15, 0.2) is 5.58 Å². The first kappa shape index (κ1) is 11.1. The highest BCUT2D eigenvalue weighted by molar-refractivity contribution is 6.35. The molecule has 17 heavy (non-hydrogen) atoms. The highest BCUT2D eigenvalue weighted by atomic mass is 35.5. The van der Waals surface area contributed by atoms with Crippen molar-refractivity contribution in [1.29, 1.82) is 0 Å². The predicted molar refractivity (Wildman–Crippen MR) is 69.2 cm³/mol. The zero-order valence-corrected chi connectivity index (χ0v) is 10.5. The molecule has 0 aliphatic carbocycles. The van der Waals surface area contributed by atoms with Crippen LogP contribution in [0.25, 0.3) is 11.0 Å². The maximum atomic E-state index is 6.19. The highest BCUT2D eigenvalue weighted by Gasteiger charge is 2.22. The minimum absolute atomic E-state index is 0.424. The predicted octanol–water partition coefficient (Wildman–Crippen LogP) is 2.53. The van der Waals surface area contributed by atoms with Gasteiger partial charge in [-0.05, 0) is 25.1 Å². The molecular formula is C13H15ClN2O. The monoisotopic (exact) mass is 250 g/mol. The number of rotatable bonds is 1. The molecule has 0 atom stereocenters. The first-order valence-electron chi connectivity index (χ1n) is 5.81. The van der Waals surface area contributed by atoms with Crippen LogP contribution in [0.2, 0.25) is 5.02 Å². The summed E-state index contributed by atoms with van der Waals surface area (Å²) in [7, 11) is 2.12. The fourth-order valence-electron chi connectivity index (χ4n) is 2.55. The maximum Gasteiger partial charge on any atom is 0.153 e. The number of likely N-dealkylation sites (N-methyl/N-ethyl adjacent to an activating group) is 1. The Morgan fingerprint density at radius 2 is 2.29 bits per heavy atom. The lowest BCUT2D eigenvalue weighted by molar-refractivity contribution is 0.332. The van der Waals surface area contributed by atoms with E-state index in [-0.39, 0.29) is 0 Å². The second kappa shape index (κ2) is 4.02. The third-order valence-corrected chi connectivity index (χ3v) is 3.73. The van der Waals surface area contributed by atoms with E-state index in [4.69, 9.17) is 21.8 Å². The lowest BCUT2D eigenvalue weighted by Crippen LogP contribution is -2.19. The van der Waals surface area contributed by atoms with Crippen molar-refractivity contribution in [3.05, 3.63) is 34.0 Å². The number of nitrogens with two attached hydrogens (primary N) is 1. The van der Waals surface area contributed by atoms with Crippen LogP contribution in [0.1, 0.15) is 16.9 Å². The van der Waals surface area contributed by atoms with Gasteiger partial charge in [-0.25, -0.2) is 0 Å². The molecule has 1 aliphatic heterocycles. The zero-order chi connectivity index (χ0) is 12.0. The Morgan fingerprint density at radius 1 is 1.47 bits per heavy atom. The molecule has 3 rings (SSSR count). The van der Waals surface area contributed by atoms with Gasteiger partial charge >= 0.3 is 0 Å². The number of hydrogen-bond donors (Lipinski definition) is 1. The van der Waals surface area contributed by atoms with Crippen LogP contribution in [0, 0.1) is 0 Å². The Kier molecular flexibility index (Phi) is 2.62. The summed E-state index contributed by atoms with van der Waals surface area (Å²) in [5, 5.41) is 1.86. The standard InChI is InChI=1S/C13H15ClN2O/c1-16-5-4-8-2-3-10(14)13-12(8)9(7-16)11(6-15)17-13/h2-3H,4-7,15H2,1H3. The molecule has 0 saturated carbocycles. The van der Waals surface area contributed by atoms with Gasteiger partial charge in [-0.1, -0.05) is 17.7 Å². The van der Waals surface area contributed by atoms with Crippen LogP contribution in [0.15, 0.2) is 16.5 Å². The third-order valence-electron chi connectivity index (χ3n) is 3.44. The van der Waals surface area contributed by atoms with Gasteiger partial charge in [0.2, 0.25) is 0 Å². The summed E-state index contributed by atoms with van der Waals surface area (Å²) < 4.78 is 5.81. The molecule has 1 aromatic heterocycles. The van der Waals surface area contributed by atoms with E-state index in [1.165, 1.54) is 16.5 Å². The van der Waals surface area contributed by atoms with Crippen LogP contribution in [-0.2, 0) is 19.5 Å². The normalized spacial score (nSPS) is 16.4. The smallest absolute Gasteiger partial charge is 0.153 e.